The maximum atomic E-state index is 4.75. The van der Waals surface area contributed by atoms with E-state index in [-0.39, 0.29) is 0 Å². The minimum Gasteiger partial charge on any atom is -0.221 e. The van der Waals surface area contributed by atoms with Gasteiger partial charge in [0.15, 0.2) is 0 Å². The van der Waals surface area contributed by atoms with E-state index >= 15 is 0 Å². The number of thiazole rings is 1. The predicted octanol–water partition coefficient (Wildman–Crippen LogP) is 3.35. The van der Waals surface area contributed by atoms with Gasteiger partial charge in [-0.15, -0.1) is 21.5 Å². The third kappa shape index (κ3) is 2.72. The maximum absolute atomic E-state index is 4.75. The van der Waals surface area contributed by atoms with Gasteiger partial charge in [0.25, 0.3) is 0 Å². The summed E-state index contributed by atoms with van der Waals surface area (Å²) in [6.07, 6.45) is 3.34. The van der Waals surface area contributed by atoms with Crippen molar-refractivity contribution in [3.05, 3.63) is 83.5 Å². The highest BCUT2D eigenvalue weighted by molar-refractivity contribution is 7.07. The number of benzene rings is 2. The summed E-state index contributed by atoms with van der Waals surface area (Å²) in [6.45, 7) is 0. The monoisotopic (exact) mass is 319 g/mol. The average molecular weight is 319 g/mol. The summed E-state index contributed by atoms with van der Waals surface area (Å²) in [6, 6.07) is 20.1. The molecule has 0 saturated heterocycles. The van der Waals surface area contributed by atoms with Crippen LogP contribution in [0.4, 0.5) is 5.69 Å². The summed E-state index contributed by atoms with van der Waals surface area (Å²) in [5.74, 6) is 0. The van der Waals surface area contributed by atoms with Crippen LogP contribution in [0, 0.1) is 0 Å². The zero-order chi connectivity index (χ0) is 15.5. The Morgan fingerprint density at radius 1 is 0.826 bits per heavy atom. The molecule has 4 aromatic rings. The zero-order valence-electron chi connectivity index (χ0n) is 12.1. The first-order chi connectivity index (χ1) is 11.4. The molecule has 4 rings (SSSR count). The second kappa shape index (κ2) is 6.02. The summed E-state index contributed by atoms with van der Waals surface area (Å²) in [4.78, 5) is 5.60. The molecule has 0 N–H and O–H groups in total. The second-order valence-electron chi connectivity index (χ2n) is 4.87. The lowest BCUT2D eigenvalue weighted by Crippen LogP contribution is -2.21. The number of nitrogens with zero attached hydrogens (tertiary/aromatic N) is 5. The second-order valence-corrected chi connectivity index (χ2v) is 5.71. The van der Waals surface area contributed by atoms with Crippen molar-refractivity contribution >= 4 is 17.0 Å². The highest BCUT2D eigenvalue weighted by Gasteiger charge is 2.09. The highest BCUT2D eigenvalue weighted by atomic mass is 32.1. The fourth-order valence-corrected chi connectivity index (χ4v) is 3.22. The van der Waals surface area contributed by atoms with Crippen molar-refractivity contribution in [2.24, 2.45) is 4.99 Å². The van der Waals surface area contributed by atoms with Crippen molar-refractivity contribution in [1.82, 2.24) is 19.5 Å². The Balaban J connectivity index is 1.95. The normalized spacial score (nSPS) is 11.7. The third-order valence-electron chi connectivity index (χ3n) is 3.37. The van der Waals surface area contributed by atoms with Crippen molar-refractivity contribution in [2.75, 3.05) is 0 Å². The van der Waals surface area contributed by atoms with Gasteiger partial charge in [-0.1, -0.05) is 48.5 Å². The van der Waals surface area contributed by atoms with Gasteiger partial charge in [0.05, 0.1) is 11.4 Å². The summed E-state index contributed by atoms with van der Waals surface area (Å²) in [5, 5.41) is 9.93. The molecule has 0 aliphatic rings. The molecule has 0 bridgehead atoms. The Hall–Kier alpha value is -2.99. The van der Waals surface area contributed by atoms with Crippen LogP contribution >= 0.6 is 11.3 Å². The molecule has 112 valence electrons. The molecule has 2 aromatic carbocycles. The number of hydrogen-bond acceptors (Lipinski definition) is 4. The van der Waals surface area contributed by atoms with Gasteiger partial charge >= 0.3 is 0 Å². The van der Waals surface area contributed by atoms with E-state index in [1.165, 1.54) is 0 Å². The molecule has 0 unspecified atom stereocenters. The van der Waals surface area contributed by atoms with Crippen LogP contribution in [-0.2, 0) is 0 Å². The first-order valence-corrected chi connectivity index (χ1v) is 8.01. The summed E-state index contributed by atoms with van der Waals surface area (Å²) < 4.78 is 3.84. The Bertz CT molecular complexity index is 953. The summed E-state index contributed by atoms with van der Waals surface area (Å²) in [5.41, 5.74) is 3.08. The lowest BCUT2D eigenvalue weighted by molar-refractivity contribution is 0.642. The number of rotatable bonds is 3. The minimum atomic E-state index is 0.856. The Morgan fingerprint density at radius 2 is 1.48 bits per heavy atom. The van der Waals surface area contributed by atoms with Crippen LogP contribution in [0.25, 0.3) is 11.3 Å². The van der Waals surface area contributed by atoms with Crippen LogP contribution in [0.1, 0.15) is 0 Å². The van der Waals surface area contributed by atoms with E-state index in [2.05, 4.69) is 27.7 Å². The summed E-state index contributed by atoms with van der Waals surface area (Å²) in [7, 11) is 0. The van der Waals surface area contributed by atoms with E-state index in [1.54, 1.807) is 24.0 Å². The van der Waals surface area contributed by atoms with E-state index in [1.807, 2.05) is 57.9 Å². The standard InChI is InChI=1S/C17H13N5S/c1-3-7-14(8-4-1)16-11-23-17(20-15-9-5-2-6-10-15)22(16)21-12-18-19-13-21/h1-13H. The van der Waals surface area contributed by atoms with Crippen molar-refractivity contribution in [1.29, 1.82) is 0 Å². The smallest absolute Gasteiger partial charge is 0.210 e. The first-order valence-electron chi connectivity index (χ1n) is 7.13. The Morgan fingerprint density at radius 3 is 2.17 bits per heavy atom. The van der Waals surface area contributed by atoms with Gasteiger partial charge in [0.2, 0.25) is 4.80 Å². The maximum Gasteiger partial charge on any atom is 0.210 e. The molecule has 0 atom stereocenters. The number of aromatic nitrogens is 4. The number of hydrogen-bond donors (Lipinski definition) is 0. The van der Waals surface area contributed by atoms with E-state index in [4.69, 9.17) is 4.99 Å². The molecule has 0 saturated carbocycles. The van der Waals surface area contributed by atoms with Gasteiger partial charge in [-0.05, 0) is 12.1 Å². The molecular weight excluding hydrogens is 306 g/mol. The van der Waals surface area contributed by atoms with Crippen LogP contribution in [0.5, 0.6) is 0 Å². The minimum absolute atomic E-state index is 0.856. The quantitative estimate of drug-likeness (QED) is 0.581. The molecule has 5 nitrogen and oxygen atoms in total. The molecule has 0 radical (unpaired) electrons. The van der Waals surface area contributed by atoms with Gasteiger partial charge in [-0.25, -0.2) is 14.3 Å². The van der Waals surface area contributed by atoms with Gasteiger partial charge in [0.1, 0.15) is 12.7 Å². The van der Waals surface area contributed by atoms with Gasteiger partial charge in [-0.2, -0.15) is 0 Å². The zero-order valence-corrected chi connectivity index (χ0v) is 13.0. The lowest BCUT2D eigenvalue weighted by atomic mass is 10.2. The lowest BCUT2D eigenvalue weighted by Gasteiger charge is -2.08. The van der Waals surface area contributed by atoms with E-state index in [0.717, 1.165) is 21.7 Å². The van der Waals surface area contributed by atoms with Crippen molar-refractivity contribution in [2.45, 2.75) is 0 Å². The van der Waals surface area contributed by atoms with E-state index in [0.29, 0.717) is 0 Å². The molecule has 2 heterocycles. The van der Waals surface area contributed by atoms with Crippen molar-refractivity contribution in [3.63, 3.8) is 0 Å². The van der Waals surface area contributed by atoms with Crippen molar-refractivity contribution < 1.29 is 0 Å². The van der Waals surface area contributed by atoms with Gasteiger partial charge < -0.3 is 0 Å². The van der Waals surface area contributed by atoms with E-state index in [9.17, 15) is 0 Å². The Labute approximate surface area is 136 Å². The van der Waals surface area contributed by atoms with Crippen LogP contribution in [0.15, 0.2) is 83.7 Å². The first kappa shape index (κ1) is 13.7. The molecule has 6 heteroatoms. The number of para-hydroxylation sites is 1. The molecule has 0 aliphatic heterocycles. The molecule has 0 spiro atoms. The fourth-order valence-electron chi connectivity index (χ4n) is 2.32. The fraction of sp³-hybridized carbons (Fsp3) is 0. The SMILES string of the molecule is c1ccc(N=c2scc(-c3ccccc3)n2-n2cnnc2)cc1. The van der Waals surface area contributed by atoms with Crippen LogP contribution < -0.4 is 4.80 Å². The average Bonchev–Trinajstić information content (AvgIpc) is 3.26. The van der Waals surface area contributed by atoms with Crippen LogP contribution in [-0.4, -0.2) is 19.5 Å². The summed E-state index contributed by atoms with van der Waals surface area (Å²) >= 11 is 1.58. The van der Waals surface area contributed by atoms with Crippen LogP contribution in [0.3, 0.4) is 0 Å². The topological polar surface area (TPSA) is 48.0 Å². The Kier molecular flexibility index (Phi) is 3.57. The molecule has 0 fully saturated rings. The third-order valence-corrected chi connectivity index (χ3v) is 4.19. The van der Waals surface area contributed by atoms with Crippen molar-refractivity contribution in [3.8, 4) is 11.3 Å². The predicted molar refractivity (Wildman–Crippen MR) is 90.2 cm³/mol. The van der Waals surface area contributed by atoms with Gasteiger partial charge in [-0.3, -0.25) is 0 Å². The largest absolute Gasteiger partial charge is 0.221 e. The molecular formula is C17H13N5S. The molecule has 2 aromatic heterocycles. The molecule has 0 amide bonds. The van der Waals surface area contributed by atoms with Gasteiger partial charge in [0, 0.05) is 10.9 Å². The molecule has 23 heavy (non-hydrogen) atoms. The van der Waals surface area contributed by atoms with E-state index < -0.39 is 0 Å². The highest BCUT2D eigenvalue weighted by Crippen LogP contribution is 2.20. The molecule has 0 aliphatic carbocycles. The van der Waals surface area contributed by atoms with Crippen LogP contribution in [0.2, 0.25) is 0 Å².